The number of halogens is 4. The molecule has 270 valence electrons. The molecule has 1 aliphatic carbocycles. The van der Waals surface area contributed by atoms with Crippen LogP contribution in [0.4, 0.5) is 13.2 Å². The van der Waals surface area contributed by atoms with Crippen LogP contribution in [-0.2, 0) is 47.2 Å². The largest absolute Gasteiger partial charge is 0.490 e. The Labute approximate surface area is 293 Å². The number of carbonyl (C=O) groups excluding carboxylic acids is 2. The van der Waals surface area contributed by atoms with Crippen molar-refractivity contribution in [2.24, 2.45) is 18.4 Å². The molecule has 2 amide bonds. The van der Waals surface area contributed by atoms with Gasteiger partial charge in [-0.05, 0) is 82.7 Å². The highest BCUT2D eigenvalue weighted by atomic mass is 35.5. The number of piperidine rings is 1. The lowest BCUT2D eigenvalue weighted by atomic mass is 9.62. The summed E-state index contributed by atoms with van der Waals surface area (Å²) in [6.07, 6.45) is 4.89. The van der Waals surface area contributed by atoms with E-state index in [4.69, 9.17) is 21.5 Å². The number of aromatic nitrogens is 4. The molecule has 1 saturated carbocycles. The molecule has 2 aromatic carbocycles. The highest BCUT2D eigenvalue weighted by Crippen LogP contribution is 2.47. The van der Waals surface area contributed by atoms with E-state index in [0.29, 0.717) is 43.4 Å². The number of fused-ring (bicyclic) bond motifs is 1. The molecule has 11 nitrogen and oxygen atoms in total. The fourth-order valence-corrected chi connectivity index (χ4v) is 7.64. The Morgan fingerprint density at radius 3 is 2.28 bits per heavy atom. The Morgan fingerprint density at radius 2 is 1.68 bits per heavy atom. The lowest BCUT2D eigenvalue weighted by molar-refractivity contribution is -0.192. The highest BCUT2D eigenvalue weighted by Gasteiger charge is 2.44. The monoisotopic (exact) mass is 717 g/mol. The van der Waals surface area contributed by atoms with Crippen LogP contribution >= 0.6 is 11.6 Å². The Morgan fingerprint density at radius 1 is 1.04 bits per heavy atom. The standard InChI is InChI=1S/C33H42ClN7O2.C2HF3O2/c1-40-30(37-38-39-40)21-33(26-9-3-2-4-10-26)15-17-41(18-16-33)32(43)29(19-23-11-13-27(34)14-12-23)36-31(42)28-20-24-7-5-6-8-25(24)22-35-28;3-2(4,5)1(6)7/h5-8,11-14,26,28-29,35H,2-4,9-10,15-22H2,1H3,(H,36,42);(H,6,7)/t28-,29-;/m0./s1. The first-order valence-corrected chi connectivity index (χ1v) is 17.4. The number of nitrogens with zero attached hydrogens (tertiary/aromatic N) is 5. The Bertz CT molecular complexity index is 1620. The van der Waals surface area contributed by atoms with Crippen LogP contribution < -0.4 is 10.6 Å². The number of likely N-dealkylation sites (tertiary alicyclic amines) is 1. The van der Waals surface area contributed by atoms with Crippen molar-refractivity contribution < 1.29 is 32.7 Å². The molecular formula is C35H43ClF3N7O4. The maximum Gasteiger partial charge on any atom is 0.490 e. The second-order valence-corrected chi connectivity index (χ2v) is 14.0. The van der Waals surface area contributed by atoms with Gasteiger partial charge in [-0.1, -0.05) is 67.3 Å². The fraction of sp³-hybridized carbons (Fsp3) is 0.543. The highest BCUT2D eigenvalue weighted by molar-refractivity contribution is 6.30. The summed E-state index contributed by atoms with van der Waals surface area (Å²) in [5, 5.41) is 26.6. The molecule has 0 bridgehead atoms. The molecule has 3 N–H and O–H groups in total. The Balaban J connectivity index is 0.000000630. The number of carboxylic acids is 1. The minimum Gasteiger partial charge on any atom is -0.475 e. The molecule has 3 aliphatic rings. The van der Waals surface area contributed by atoms with Gasteiger partial charge in [0.1, 0.15) is 6.04 Å². The summed E-state index contributed by atoms with van der Waals surface area (Å²) in [5.41, 5.74) is 3.43. The number of nitrogens with one attached hydrogen (secondary N) is 2. The minimum atomic E-state index is -5.08. The van der Waals surface area contributed by atoms with Gasteiger partial charge >= 0.3 is 12.1 Å². The van der Waals surface area contributed by atoms with Gasteiger partial charge in [-0.25, -0.2) is 9.48 Å². The van der Waals surface area contributed by atoms with E-state index in [2.05, 4.69) is 38.3 Å². The second-order valence-electron chi connectivity index (χ2n) is 13.5. The summed E-state index contributed by atoms with van der Waals surface area (Å²) in [6.45, 7) is 1.98. The normalized spacial score (nSPS) is 19.8. The van der Waals surface area contributed by atoms with Crippen LogP contribution in [0.5, 0.6) is 0 Å². The first-order valence-electron chi connectivity index (χ1n) is 17.0. The molecule has 3 aromatic rings. The molecule has 0 radical (unpaired) electrons. The van der Waals surface area contributed by atoms with Crippen LogP contribution in [0.15, 0.2) is 48.5 Å². The van der Waals surface area contributed by atoms with Crippen LogP contribution in [0.25, 0.3) is 0 Å². The van der Waals surface area contributed by atoms with E-state index in [1.165, 1.54) is 43.2 Å². The molecule has 50 heavy (non-hydrogen) atoms. The van der Waals surface area contributed by atoms with Crippen LogP contribution in [0.3, 0.4) is 0 Å². The van der Waals surface area contributed by atoms with Gasteiger partial charge in [0.05, 0.1) is 6.04 Å². The first-order chi connectivity index (χ1) is 23.8. The zero-order valence-electron chi connectivity index (χ0n) is 28.0. The minimum absolute atomic E-state index is 0.0166. The Hall–Kier alpha value is -4.04. The van der Waals surface area contributed by atoms with Gasteiger partial charge in [0.25, 0.3) is 0 Å². The zero-order valence-corrected chi connectivity index (χ0v) is 28.7. The number of rotatable bonds is 8. The van der Waals surface area contributed by atoms with E-state index in [9.17, 15) is 22.8 Å². The smallest absolute Gasteiger partial charge is 0.475 e. The van der Waals surface area contributed by atoms with E-state index in [1.807, 2.05) is 48.3 Å². The molecule has 1 aromatic heterocycles. The SMILES string of the molecule is Cn1nnnc1CC1(C2CCCCC2)CCN(C(=O)[C@H](Cc2ccc(Cl)cc2)NC(=O)[C@@H]2Cc3ccccc3CN2)CC1.O=C(O)C(F)(F)F. The van der Waals surface area contributed by atoms with Gasteiger partial charge in [0.15, 0.2) is 5.82 Å². The predicted octanol–water partition coefficient (Wildman–Crippen LogP) is 4.67. The van der Waals surface area contributed by atoms with Gasteiger partial charge < -0.3 is 20.6 Å². The molecule has 3 heterocycles. The molecule has 2 aliphatic heterocycles. The summed E-state index contributed by atoms with van der Waals surface area (Å²) in [6, 6.07) is 14.7. The lowest BCUT2D eigenvalue weighted by Gasteiger charge is -2.48. The molecule has 2 fully saturated rings. The third-order valence-corrected chi connectivity index (χ3v) is 10.6. The van der Waals surface area contributed by atoms with Gasteiger partial charge in [0.2, 0.25) is 11.8 Å². The number of aryl methyl sites for hydroxylation is 1. The van der Waals surface area contributed by atoms with E-state index in [1.54, 1.807) is 4.68 Å². The predicted molar refractivity (Wildman–Crippen MR) is 179 cm³/mol. The topological polar surface area (TPSA) is 142 Å². The number of carbonyl (C=O) groups is 3. The van der Waals surface area contributed by atoms with Crippen molar-refractivity contribution in [3.63, 3.8) is 0 Å². The summed E-state index contributed by atoms with van der Waals surface area (Å²) < 4.78 is 33.5. The van der Waals surface area contributed by atoms with Crippen molar-refractivity contribution in [1.82, 2.24) is 35.7 Å². The molecule has 0 unspecified atom stereocenters. The van der Waals surface area contributed by atoms with Crippen LogP contribution in [0, 0.1) is 11.3 Å². The number of aliphatic carboxylic acids is 1. The van der Waals surface area contributed by atoms with E-state index >= 15 is 0 Å². The van der Waals surface area contributed by atoms with Crippen LogP contribution in [0.2, 0.25) is 5.02 Å². The van der Waals surface area contributed by atoms with E-state index in [-0.39, 0.29) is 23.3 Å². The van der Waals surface area contributed by atoms with E-state index in [0.717, 1.165) is 30.7 Å². The van der Waals surface area contributed by atoms with Gasteiger partial charge in [-0.3, -0.25) is 9.59 Å². The maximum absolute atomic E-state index is 14.2. The summed E-state index contributed by atoms with van der Waals surface area (Å²) in [7, 11) is 1.91. The van der Waals surface area contributed by atoms with Crippen molar-refractivity contribution in [3.05, 3.63) is 76.1 Å². The molecule has 0 spiro atoms. The fourth-order valence-electron chi connectivity index (χ4n) is 7.52. The second kappa shape index (κ2) is 16.3. The summed E-state index contributed by atoms with van der Waals surface area (Å²) >= 11 is 6.14. The van der Waals surface area contributed by atoms with Crippen molar-refractivity contribution in [2.45, 2.75) is 89.0 Å². The number of alkyl halides is 3. The van der Waals surface area contributed by atoms with Crippen LogP contribution in [-0.4, -0.2) is 79.3 Å². The molecule has 15 heteroatoms. The first kappa shape index (κ1) is 37.2. The number of hydrogen-bond acceptors (Lipinski definition) is 7. The molecule has 2 atom stereocenters. The van der Waals surface area contributed by atoms with E-state index < -0.39 is 18.2 Å². The average Bonchev–Trinajstić information content (AvgIpc) is 3.52. The third-order valence-electron chi connectivity index (χ3n) is 10.4. The number of amides is 2. The quantitative estimate of drug-likeness (QED) is 0.305. The maximum atomic E-state index is 14.2. The van der Waals surface area contributed by atoms with Gasteiger partial charge in [-0.15, -0.1) is 5.10 Å². The number of tetrazole rings is 1. The third kappa shape index (κ3) is 9.39. The summed E-state index contributed by atoms with van der Waals surface area (Å²) in [5.74, 6) is -1.38. The Kier molecular flexibility index (Phi) is 12.2. The van der Waals surface area contributed by atoms with Crippen molar-refractivity contribution >= 4 is 29.4 Å². The number of benzene rings is 2. The van der Waals surface area contributed by atoms with Gasteiger partial charge in [-0.2, -0.15) is 13.2 Å². The average molecular weight is 718 g/mol. The summed E-state index contributed by atoms with van der Waals surface area (Å²) in [4.78, 5) is 38.6. The van der Waals surface area contributed by atoms with Crippen LogP contribution in [0.1, 0.15) is 67.5 Å². The molecular weight excluding hydrogens is 675 g/mol. The van der Waals surface area contributed by atoms with Crippen molar-refractivity contribution in [1.29, 1.82) is 0 Å². The number of carboxylic acid groups (broad SMARTS) is 1. The zero-order chi connectivity index (χ0) is 35.9. The lowest BCUT2D eigenvalue weighted by Crippen LogP contribution is -2.57. The van der Waals surface area contributed by atoms with Crippen molar-refractivity contribution in [3.8, 4) is 0 Å². The molecule has 6 rings (SSSR count). The van der Waals surface area contributed by atoms with Crippen molar-refractivity contribution in [2.75, 3.05) is 13.1 Å². The number of hydrogen-bond donors (Lipinski definition) is 3. The molecule has 1 saturated heterocycles. The van der Waals surface area contributed by atoms with Gasteiger partial charge in [0, 0.05) is 44.5 Å².